The lowest BCUT2D eigenvalue weighted by Gasteiger charge is -2.02. The summed E-state index contributed by atoms with van der Waals surface area (Å²) in [5, 5.41) is 1.20. The Labute approximate surface area is 139 Å². The van der Waals surface area contributed by atoms with Crippen LogP contribution in [-0.2, 0) is 0 Å². The Morgan fingerprint density at radius 3 is 2.05 bits per heavy atom. The van der Waals surface area contributed by atoms with E-state index in [9.17, 15) is 4.79 Å². The molecule has 0 spiro atoms. The van der Waals surface area contributed by atoms with Gasteiger partial charge in [-0.15, -0.1) is 11.3 Å². The molecule has 1 aromatic carbocycles. The fourth-order valence-corrected chi connectivity index (χ4v) is 2.74. The molecule has 0 atom stereocenters. The van der Waals surface area contributed by atoms with Crippen LogP contribution >= 0.6 is 35.2 Å². The van der Waals surface area contributed by atoms with Crippen LogP contribution in [0.1, 0.15) is 40.2 Å². The van der Waals surface area contributed by atoms with E-state index in [-0.39, 0.29) is 5.78 Å². The van der Waals surface area contributed by atoms with Crippen LogP contribution in [0.4, 0.5) is 5.00 Å². The molecule has 0 radical (unpaired) electrons. The molecule has 1 aromatic heterocycles. The van der Waals surface area contributed by atoms with E-state index < -0.39 is 0 Å². The number of hydrogen-bond acceptors (Lipinski definition) is 4. The van der Waals surface area contributed by atoms with E-state index in [1.807, 2.05) is 27.7 Å². The lowest BCUT2D eigenvalue weighted by Crippen LogP contribution is -2.04. The number of aryl methyl sites for hydroxylation is 1. The number of thiophene rings is 1. The van der Waals surface area contributed by atoms with Crippen molar-refractivity contribution in [2.45, 2.75) is 27.7 Å². The van der Waals surface area contributed by atoms with E-state index in [2.05, 4.69) is 12.2 Å². The average Bonchev–Trinajstić information content (AvgIpc) is 2.63. The van der Waals surface area contributed by atoms with Crippen molar-refractivity contribution < 1.29 is 4.79 Å². The number of ketones is 1. The molecule has 5 heteroatoms. The highest BCUT2D eigenvalue weighted by Gasteiger charge is 2.18. The minimum Gasteiger partial charge on any atom is -0.390 e. The molecule has 1 heterocycles. The van der Waals surface area contributed by atoms with Crippen LogP contribution in [0.5, 0.6) is 0 Å². The maximum absolute atomic E-state index is 12.3. The van der Waals surface area contributed by atoms with Crippen LogP contribution in [0.15, 0.2) is 24.3 Å². The van der Waals surface area contributed by atoms with Crippen LogP contribution in [0.25, 0.3) is 0 Å². The van der Waals surface area contributed by atoms with Gasteiger partial charge in [0.1, 0.15) is 0 Å². The number of carbonyl (C=O) groups excluding carboxylic acids is 1. The second-order valence-electron chi connectivity index (χ2n) is 4.77. The van der Waals surface area contributed by atoms with Crippen molar-refractivity contribution in [1.29, 1.82) is 0 Å². The molecule has 2 aromatic rings. The maximum atomic E-state index is 12.3. The third-order valence-corrected chi connectivity index (χ3v) is 4.03. The lowest BCUT2D eigenvalue weighted by molar-refractivity contribution is 0.103. The SMILES string of the molecule is CC(C)=S.Cc1sc(N)c(C(=O)c2ccc(Cl)cc2)c1C. The third kappa shape index (κ3) is 4.92. The lowest BCUT2D eigenvalue weighted by atomic mass is 10.0. The van der Waals surface area contributed by atoms with Crippen molar-refractivity contribution in [3.8, 4) is 0 Å². The first kappa shape index (κ1) is 17.8. The van der Waals surface area contributed by atoms with Gasteiger partial charge in [-0.25, -0.2) is 0 Å². The van der Waals surface area contributed by atoms with Crippen LogP contribution in [-0.4, -0.2) is 10.6 Å². The van der Waals surface area contributed by atoms with Crippen molar-refractivity contribution in [2.75, 3.05) is 5.73 Å². The van der Waals surface area contributed by atoms with Gasteiger partial charge in [-0.05, 0) is 62.4 Å². The van der Waals surface area contributed by atoms with E-state index >= 15 is 0 Å². The summed E-state index contributed by atoms with van der Waals surface area (Å²) in [5.74, 6) is -0.0407. The van der Waals surface area contributed by atoms with Gasteiger partial charge in [0.2, 0.25) is 0 Å². The van der Waals surface area contributed by atoms with Crippen molar-refractivity contribution >= 4 is 50.8 Å². The molecular formula is C16H18ClNOS2. The van der Waals surface area contributed by atoms with E-state index in [0.717, 1.165) is 15.3 Å². The molecule has 0 bridgehead atoms. The summed E-state index contributed by atoms with van der Waals surface area (Å²) in [7, 11) is 0. The van der Waals surface area contributed by atoms with Gasteiger partial charge in [0.25, 0.3) is 0 Å². The van der Waals surface area contributed by atoms with Gasteiger partial charge in [-0.3, -0.25) is 4.79 Å². The Balaban J connectivity index is 0.000000491. The molecule has 21 heavy (non-hydrogen) atoms. The molecule has 0 saturated carbocycles. The highest BCUT2D eigenvalue weighted by atomic mass is 35.5. The normalized spacial score (nSPS) is 9.76. The van der Waals surface area contributed by atoms with E-state index in [1.165, 1.54) is 11.3 Å². The number of anilines is 1. The number of thiocarbonyl (C=S) groups is 1. The number of carbonyl (C=O) groups is 1. The number of benzene rings is 1. The van der Waals surface area contributed by atoms with Crippen LogP contribution in [0, 0.1) is 13.8 Å². The van der Waals surface area contributed by atoms with E-state index in [1.54, 1.807) is 24.3 Å². The first-order valence-corrected chi connectivity index (χ1v) is 7.97. The van der Waals surface area contributed by atoms with Gasteiger partial charge in [0.05, 0.1) is 10.6 Å². The van der Waals surface area contributed by atoms with Crippen molar-refractivity contribution in [3.05, 3.63) is 50.9 Å². The molecule has 0 aliphatic heterocycles. The summed E-state index contributed by atoms with van der Waals surface area (Å²) in [5.41, 5.74) is 8.08. The second kappa shape index (κ2) is 7.69. The van der Waals surface area contributed by atoms with Gasteiger partial charge in [-0.1, -0.05) is 23.8 Å². The summed E-state index contributed by atoms with van der Waals surface area (Å²) in [6, 6.07) is 6.85. The molecular weight excluding hydrogens is 322 g/mol. The minimum atomic E-state index is -0.0407. The molecule has 2 rings (SSSR count). The summed E-state index contributed by atoms with van der Waals surface area (Å²) in [4.78, 5) is 14.4. The van der Waals surface area contributed by atoms with Gasteiger partial charge in [0.15, 0.2) is 5.78 Å². The fraction of sp³-hybridized carbons (Fsp3) is 0.250. The van der Waals surface area contributed by atoms with Crippen LogP contribution in [0.2, 0.25) is 5.02 Å². The molecule has 0 aliphatic rings. The number of hydrogen-bond donors (Lipinski definition) is 1. The largest absolute Gasteiger partial charge is 0.390 e. The molecule has 0 amide bonds. The Bertz CT molecular complexity index is 656. The number of nitrogens with two attached hydrogens (primary N) is 1. The monoisotopic (exact) mass is 339 g/mol. The zero-order chi connectivity index (χ0) is 16.2. The Morgan fingerprint density at radius 2 is 1.67 bits per heavy atom. The van der Waals surface area contributed by atoms with Crippen LogP contribution in [0.3, 0.4) is 0 Å². The fourth-order valence-electron chi connectivity index (χ4n) is 1.68. The minimum absolute atomic E-state index is 0.0407. The van der Waals surface area contributed by atoms with Crippen molar-refractivity contribution in [3.63, 3.8) is 0 Å². The van der Waals surface area contributed by atoms with Crippen LogP contribution < -0.4 is 5.73 Å². The first-order chi connectivity index (χ1) is 9.73. The molecule has 0 fully saturated rings. The van der Waals surface area contributed by atoms with Gasteiger partial charge >= 0.3 is 0 Å². The molecule has 0 aliphatic carbocycles. The molecule has 0 unspecified atom stereocenters. The third-order valence-electron chi connectivity index (χ3n) is 2.75. The predicted octanol–water partition coefficient (Wildman–Crippen LogP) is 5.23. The zero-order valence-corrected chi connectivity index (χ0v) is 14.9. The summed E-state index contributed by atoms with van der Waals surface area (Å²) in [6.45, 7) is 7.69. The quantitative estimate of drug-likeness (QED) is 0.602. The van der Waals surface area contributed by atoms with Gasteiger partial charge in [0, 0.05) is 15.5 Å². The van der Waals surface area contributed by atoms with Gasteiger partial charge in [-0.2, -0.15) is 0 Å². The van der Waals surface area contributed by atoms with E-state index in [4.69, 9.17) is 17.3 Å². The summed E-state index contributed by atoms with van der Waals surface area (Å²) in [6.07, 6.45) is 0. The highest BCUT2D eigenvalue weighted by molar-refractivity contribution is 7.80. The number of nitrogen functional groups attached to an aromatic ring is 1. The van der Waals surface area contributed by atoms with E-state index in [0.29, 0.717) is 21.2 Å². The standard InChI is InChI=1S/C13H12ClNOS.C3H6S/c1-7-8(2)17-13(15)11(7)12(16)9-3-5-10(14)6-4-9;1-3(2)4/h3-6H,15H2,1-2H3;1-2H3. The molecule has 0 saturated heterocycles. The number of rotatable bonds is 2. The Kier molecular flexibility index (Phi) is 6.52. The molecule has 2 nitrogen and oxygen atoms in total. The van der Waals surface area contributed by atoms with Gasteiger partial charge < -0.3 is 5.73 Å². The number of halogens is 1. The highest BCUT2D eigenvalue weighted by Crippen LogP contribution is 2.31. The maximum Gasteiger partial charge on any atom is 0.196 e. The van der Waals surface area contributed by atoms with Crippen molar-refractivity contribution in [1.82, 2.24) is 0 Å². The Hall–Kier alpha value is -1.23. The molecule has 2 N–H and O–H groups in total. The summed E-state index contributed by atoms with van der Waals surface area (Å²) < 4.78 is 0. The Morgan fingerprint density at radius 1 is 1.19 bits per heavy atom. The average molecular weight is 340 g/mol. The topological polar surface area (TPSA) is 43.1 Å². The molecule has 112 valence electrons. The summed E-state index contributed by atoms with van der Waals surface area (Å²) >= 11 is 11.8. The smallest absolute Gasteiger partial charge is 0.196 e. The second-order valence-corrected chi connectivity index (χ2v) is 7.28. The van der Waals surface area contributed by atoms with Crippen molar-refractivity contribution in [2.24, 2.45) is 0 Å². The zero-order valence-electron chi connectivity index (χ0n) is 12.5. The first-order valence-electron chi connectivity index (χ1n) is 6.37. The predicted molar refractivity (Wildman–Crippen MR) is 97.0 cm³/mol.